The van der Waals surface area contributed by atoms with E-state index in [1.165, 1.54) is 23.3 Å². The fourth-order valence-corrected chi connectivity index (χ4v) is 5.03. The van der Waals surface area contributed by atoms with Gasteiger partial charge in [-0.2, -0.15) is 0 Å². The lowest BCUT2D eigenvalue weighted by Crippen LogP contribution is -2.51. The number of fused-ring (bicyclic) bond motifs is 2. The molecule has 30 heavy (non-hydrogen) atoms. The van der Waals surface area contributed by atoms with Crippen molar-refractivity contribution in [3.63, 3.8) is 0 Å². The Bertz CT molecular complexity index is 1000. The van der Waals surface area contributed by atoms with Crippen molar-refractivity contribution in [3.8, 4) is 0 Å². The SMILES string of the molecule is CN[C@H]1c2ccccc2C[C@@H]1NC(=O)C1c2ccc(F)cc2CCN1C(=O)C1CC1. The van der Waals surface area contributed by atoms with Crippen LogP contribution in [0.15, 0.2) is 42.5 Å². The maximum atomic E-state index is 13.8. The molecule has 2 N–H and O–H groups in total. The molecule has 1 aliphatic heterocycles. The number of hydrogen-bond acceptors (Lipinski definition) is 3. The molecule has 0 spiro atoms. The third-order valence-corrected chi connectivity index (χ3v) is 6.66. The van der Waals surface area contributed by atoms with Gasteiger partial charge >= 0.3 is 0 Å². The fourth-order valence-electron chi connectivity index (χ4n) is 5.03. The van der Waals surface area contributed by atoms with E-state index in [0.29, 0.717) is 13.0 Å². The van der Waals surface area contributed by atoms with Crippen LogP contribution in [0.5, 0.6) is 0 Å². The first kappa shape index (κ1) is 19.2. The standard InChI is InChI=1S/C24H26FN3O2/c1-26-21-18-5-3-2-4-15(18)13-20(21)27-23(29)22-19-9-8-17(25)12-16(19)10-11-28(22)24(30)14-6-7-14/h2-5,8-9,12,14,20-22,26H,6-7,10-11,13H2,1H3,(H,27,29)/t20-,21-,22?/m0/s1. The van der Waals surface area contributed by atoms with Crippen molar-refractivity contribution in [2.45, 2.75) is 43.8 Å². The lowest BCUT2D eigenvalue weighted by atomic mass is 9.91. The Morgan fingerprint density at radius 3 is 2.63 bits per heavy atom. The van der Waals surface area contributed by atoms with Crippen LogP contribution >= 0.6 is 0 Å². The summed E-state index contributed by atoms with van der Waals surface area (Å²) in [4.78, 5) is 28.2. The molecule has 5 rings (SSSR count). The Morgan fingerprint density at radius 2 is 1.87 bits per heavy atom. The van der Waals surface area contributed by atoms with Gasteiger partial charge in [-0.25, -0.2) is 4.39 Å². The first-order valence-electron chi connectivity index (χ1n) is 10.7. The number of benzene rings is 2. The van der Waals surface area contributed by atoms with E-state index in [4.69, 9.17) is 0 Å². The zero-order valence-corrected chi connectivity index (χ0v) is 17.0. The van der Waals surface area contributed by atoms with Crippen molar-refractivity contribution < 1.29 is 14.0 Å². The van der Waals surface area contributed by atoms with Crippen LogP contribution in [0.25, 0.3) is 0 Å². The van der Waals surface area contributed by atoms with E-state index in [-0.39, 0.29) is 35.6 Å². The first-order chi connectivity index (χ1) is 14.6. The molecule has 0 saturated heterocycles. The summed E-state index contributed by atoms with van der Waals surface area (Å²) in [5.74, 6) is -0.418. The van der Waals surface area contributed by atoms with E-state index in [1.807, 2.05) is 19.2 Å². The van der Waals surface area contributed by atoms with Gasteiger partial charge in [0.1, 0.15) is 11.9 Å². The molecule has 5 nitrogen and oxygen atoms in total. The zero-order chi connectivity index (χ0) is 20.8. The van der Waals surface area contributed by atoms with Crippen LogP contribution in [0, 0.1) is 11.7 Å². The molecule has 2 aromatic rings. The second-order valence-electron chi connectivity index (χ2n) is 8.59. The highest BCUT2D eigenvalue weighted by Gasteiger charge is 2.43. The quantitative estimate of drug-likeness (QED) is 0.819. The molecule has 2 aromatic carbocycles. The van der Waals surface area contributed by atoms with Gasteiger partial charge in [0, 0.05) is 12.5 Å². The summed E-state index contributed by atoms with van der Waals surface area (Å²) in [5, 5.41) is 6.53. The molecule has 0 bridgehead atoms. The number of carbonyl (C=O) groups is 2. The molecule has 0 radical (unpaired) electrons. The molecule has 3 atom stereocenters. The average Bonchev–Trinajstić information content (AvgIpc) is 3.53. The second-order valence-corrected chi connectivity index (χ2v) is 8.59. The van der Waals surface area contributed by atoms with Crippen molar-refractivity contribution in [1.82, 2.24) is 15.5 Å². The molecule has 6 heteroatoms. The minimum absolute atomic E-state index is 0.0222. The number of likely N-dealkylation sites (N-methyl/N-ethyl adjacent to an activating group) is 1. The van der Waals surface area contributed by atoms with Gasteiger partial charge in [0.2, 0.25) is 11.8 Å². The van der Waals surface area contributed by atoms with Crippen molar-refractivity contribution in [2.24, 2.45) is 5.92 Å². The van der Waals surface area contributed by atoms with E-state index >= 15 is 0 Å². The molecule has 2 aliphatic carbocycles. The topological polar surface area (TPSA) is 61.4 Å². The van der Waals surface area contributed by atoms with Crippen LogP contribution in [0.1, 0.15) is 47.2 Å². The summed E-state index contributed by atoms with van der Waals surface area (Å²) in [7, 11) is 1.90. The Labute approximate surface area is 175 Å². The zero-order valence-electron chi connectivity index (χ0n) is 17.0. The molecule has 1 saturated carbocycles. The fraction of sp³-hybridized carbons (Fsp3) is 0.417. The monoisotopic (exact) mass is 407 g/mol. The van der Waals surface area contributed by atoms with Gasteiger partial charge in [0.25, 0.3) is 0 Å². The van der Waals surface area contributed by atoms with Crippen molar-refractivity contribution in [2.75, 3.05) is 13.6 Å². The Balaban J connectivity index is 1.44. The molecule has 1 fully saturated rings. The van der Waals surface area contributed by atoms with Crippen LogP contribution < -0.4 is 10.6 Å². The predicted octanol–water partition coefficient (Wildman–Crippen LogP) is 2.66. The van der Waals surface area contributed by atoms with Gasteiger partial charge in [-0.05, 0) is 67.1 Å². The molecular formula is C24H26FN3O2. The Hall–Kier alpha value is -2.73. The van der Waals surface area contributed by atoms with Crippen molar-refractivity contribution in [3.05, 3.63) is 70.5 Å². The van der Waals surface area contributed by atoms with E-state index < -0.39 is 6.04 Å². The number of nitrogens with zero attached hydrogens (tertiary/aromatic N) is 1. The summed E-state index contributed by atoms with van der Waals surface area (Å²) in [6.45, 7) is 0.449. The third kappa shape index (κ3) is 3.29. The lowest BCUT2D eigenvalue weighted by molar-refractivity contribution is -0.142. The minimum atomic E-state index is -0.705. The van der Waals surface area contributed by atoms with Crippen molar-refractivity contribution in [1.29, 1.82) is 0 Å². The van der Waals surface area contributed by atoms with Crippen LogP contribution in [-0.2, 0) is 22.4 Å². The molecule has 1 unspecified atom stereocenters. The van der Waals surface area contributed by atoms with Crippen LogP contribution in [0.2, 0.25) is 0 Å². The van der Waals surface area contributed by atoms with E-state index in [0.717, 1.165) is 30.4 Å². The summed E-state index contributed by atoms with van der Waals surface area (Å²) < 4.78 is 13.8. The lowest BCUT2D eigenvalue weighted by Gasteiger charge is -2.37. The number of hydrogen-bond donors (Lipinski definition) is 2. The molecule has 156 valence electrons. The van der Waals surface area contributed by atoms with E-state index in [1.54, 1.807) is 11.0 Å². The molecule has 0 aromatic heterocycles. The van der Waals surface area contributed by atoms with E-state index in [9.17, 15) is 14.0 Å². The second kappa shape index (κ2) is 7.51. The van der Waals surface area contributed by atoms with Gasteiger partial charge < -0.3 is 15.5 Å². The normalized spacial score (nSPS) is 24.9. The highest BCUT2D eigenvalue weighted by Crippen LogP contribution is 2.38. The Morgan fingerprint density at radius 1 is 1.07 bits per heavy atom. The van der Waals surface area contributed by atoms with Crippen LogP contribution in [-0.4, -0.2) is 36.3 Å². The number of nitrogens with one attached hydrogen (secondary N) is 2. The minimum Gasteiger partial charge on any atom is -0.349 e. The van der Waals surface area contributed by atoms with E-state index in [2.05, 4.69) is 22.8 Å². The number of rotatable bonds is 4. The number of halogens is 1. The molecule has 1 heterocycles. The van der Waals surface area contributed by atoms with Gasteiger partial charge in [-0.1, -0.05) is 30.3 Å². The summed E-state index contributed by atoms with van der Waals surface area (Å²) in [6.07, 6.45) is 3.09. The average molecular weight is 407 g/mol. The molecule has 3 aliphatic rings. The highest BCUT2D eigenvalue weighted by atomic mass is 19.1. The molecular weight excluding hydrogens is 381 g/mol. The largest absolute Gasteiger partial charge is 0.349 e. The maximum absolute atomic E-state index is 13.8. The first-order valence-corrected chi connectivity index (χ1v) is 10.7. The smallest absolute Gasteiger partial charge is 0.247 e. The van der Waals surface area contributed by atoms with Gasteiger partial charge in [-0.3, -0.25) is 9.59 Å². The molecule has 2 amide bonds. The van der Waals surface area contributed by atoms with Crippen LogP contribution in [0.4, 0.5) is 4.39 Å². The highest BCUT2D eigenvalue weighted by molar-refractivity contribution is 5.91. The summed E-state index contributed by atoms with van der Waals surface area (Å²) in [5.41, 5.74) is 3.97. The third-order valence-electron chi connectivity index (χ3n) is 6.66. The van der Waals surface area contributed by atoms with Crippen molar-refractivity contribution >= 4 is 11.8 Å². The van der Waals surface area contributed by atoms with Crippen LogP contribution in [0.3, 0.4) is 0 Å². The Kier molecular flexibility index (Phi) is 4.82. The predicted molar refractivity (Wildman–Crippen MR) is 111 cm³/mol. The van der Waals surface area contributed by atoms with Gasteiger partial charge in [0.05, 0.1) is 12.1 Å². The number of carbonyl (C=O) groups excluding carboxylic acids is 2. The maximum Gasteiger partial charge on any atom is 0.247 e. The summed E-state index contributed by atoms with van der Waals surface area (Å²) in [6, 6.07) is 12.0. The van der Waals surface area contributed by atoms with Gasteiger partial charge in [0.15, 0.2) is 0 Å². The van der Waals surface area contributed by atoms with Gasteiger partial charge in [-0.15, -0.1) is 0 Å². The number of amides is 2. The summed E-state index contributed by atoms with van der Waals surface area (Å²) >= 11 is 0.